The van der Waals surface area contributed by atoms with E-state index < -0.39 is 0 Å². The van der Waals surface area contributed by atoms with E-state index in [1.807, 2.05) is 24.3 Å². The normalized spacial score (nSPS) is 20.6. The summed E-state index contributed by atoms with van der Waals surface area (Å²) in [6, 6.07) is 7.09. The number of anilines is 2. The third kappa shape index (κ3) is 4.81. The van der Waals surface area contributed by atoms with Crippen molar-refractivity contribution in [3.05, 3.63) is 48.1 Å². The molecule has 2 aromatic heterocycles. The van der Waals surface area contributed by atoms with Crippen molar-refractivity contribution in [2.45, 2.75) is 25.9 Å². The number of rotatable bonds is 7. The predicted molar refractivity (Wildman–Crippen MR) is 141 cm³/mol. The van der Waals surface area contributed by atoms with E-state index in [0.717, 1.165) is 41.1 Å². The van der Waals surface area contributed by atoms with Crippen molar-refractivity contribution in [1.82, 2.24) is 20.3 Å². The van der Waals surface area contributed by atoms with Gasteiger partial charge in [-0.05, 0) is 35.8 Å². The van der Waals surface area contributed by atoms with Crippen LogP contribution in [-0.4, -0.2) is 66.4 Å². The molecule has 10 heteroatoms. The van der Waals surface area contributed by atoms with Gasteiger partial charge in [-0.3, -0.25) is 4.79 Å². The van der Waals surface area contributed by atoms with Crippen LogP contribution in [0.3, 0.4) is 0 Å². The molecule has 188 valence electrons. The number of carbonyl (C=O) groups is 1. The van der Waals surface area contributed by atoms with E-state index in [-0.39, 0.29) is 23.4 Å². The van der Waals surface area contributed by atoms with E-state index in [2.05, 4.69) is 40.9 Å². The van der Waals surface area contributed by atoms with Gasteiger partial charge >= 0.3 is 0 Å². The van der Waals surface area contributed by atoms with Gasteiger partial charge in [0.25, 0.3) is 0 Å². The fraction of sp³-hybridized carbons (Fsp3) is 0.385. The number of methoxy groups -OCH3 is 1. The van der Waals surface area contributed by atoms with Crippen molar-refractivity contribution in [2.75, 3.05) is 43.6 Å². The lowest BCUT2D eigenvalue weighted by molar-refractivity contribution is -0.117. The molecule has 0 aliphatic carbocycles. The highest BCUT2D eigenvalue weighted by Crippen LogP contribution is 2.39. The largest absolute Gasteiger partial charge is 0.497 e. The molecule has 2 aliphatic heterocycles. The van der Waals surface area contributed by atoms with Gasteiger partial charge < -0.3 is 25.0 Å². The molecule has 0 saturated carbocycles. The quantitative estimate of drug-likeness (QED) is 0.466. The van der Waals surface area contributed by atoms with Crippen LogP contribution in [0.4, 0.5) is 11.8 Å². The van der Waals surface area contributed by atoms with Crippen LogP contribution in [0.25, 0.3) is 22.2 Å². The summed E-state index contributed by atoms with van der Waals surface area (Å²) < 4.78 is 11.0. The maximum absolute atomic E-state index is 11.8. The molecule has 2 fully saturated rings. The number of nitrogens with one attached hydrogen (secondary N) is 2. The number of benzene rings is 1. The lowest BCUT2D eigenvalue weighted by atomic mass is 9.84. The van der Waals surface area contributed by atoms with Crippen molar-refractivity contribution in [3.8, 4) is 17.0 Å². The Morgan fingerprint density at radius 1 is 1.25 bits per heavy atom. The van der Waals surface area contributed by atoms with Gasteiger partial charge in [0.15, 0.2) is 5.82 Å². The molecule has 2 aliphatic rings. The van der Waals surface area contributed by atoms with Crippen LogP contribution in [0.2, 0.25) is 5.02 Å². The summed E-state index contributed by atoms with van der Waals surface area (Å²) in [5.74, 6) is 1.69. The number of halogens is 1. The van der Waals surface area contributed by atoms with Crippen LogP contribution < -0.4 is 20.3 Å². The van der Waals surface area contributed by atoms with Crippen LogP contribution >= 0.6 is 11.6 Å². The number of carbonyl (C=O) groups excluding carboxylic acids is 1. The molecule has 36 heavy (non-hydrogen) atoms. The summed E-state index contributed by atoms with van der Waals surface area (Å²) in [5.41, 5.74) is 2.46. The Hall–Kier alpha value is -3.43. The molecule has 1 aromatic carbocycles. The zero-order valence-corrected chi connectivity index (χ0v) is 21.3. The topological polar surface area (TPSA) is 102 Å². The number of ether oxygens (including phenoxy) is 2. The van der Waals surface area contributed by atoms with Crippen molar-refractivity contribution in [2.24, 2.45) is 5.41 Å². The Morgan fingerprint density at radius 3 is 2.75 bits per heavy atom. The van der Waals surface area contributed by atoms with Crippen molar-refractivity contribution < 1.29 is 14.3 Å². The van der Waals surface area contributed by atoms with Gasteiger partial charge in [0, 0.05) is 30.2 Å². The summed E-state index contributed by atoms with van der Waals surface area (Å²) in [7, 11) is 1.62. The van der Waals surface area contributed by atoms with E-state index in [9.17, 15) is 4.79 Å². The SMILES string of the molecule is C=CC(=O)N[C@H]1COC[C@H]1Nc1ncc2cc(-c3cc(OC)ccc3Cl)nc(N3CC(C)(C)C3)c2n1. The second-order valence-electron chi connectivity index (χ2n) is 9.94. The van der Waals surface area contributed by atoms with Gasteiger partial charge in [-0.15, -0.1) is 0 Å². The highest BCUT2D eigenvalue weighted by Gasteiger charge is 2.36. The molecule has 0 unspecified atom stereocenters. The Kier molecular flexibility index (Phi) is 6.44. The Labute approximate surface area is 214 Å². The van der Waals surface area contributed by atoms with Crippen LogP contribution in [0.1, 0.15) is 13.8 Å². The molecule has 4 heterocycles. The fourth-order valence-corrected chi connectivity index (χ4v) is 4.88. The van der Waals surface area contributed by atoms with E-state index in [1.165, 1.54) is 6.08 Å². The molecule has 2 atom stereocenters. The average Bonchev–Trinajstić information content (AvgIpc) is 3.28. The summed E-state index contributed by atoms with van der Waals surface area (Å²) in [4.78, 5) is 28.4. The molecule has 3 aromatic rings. The Morgan fingerprint density at radius 2 is 2.03 bits per heavy atom. The Balaban J connectivity index is 1.52. The third-order valence-electron chi connectivity index (χ3n) is 6.44. The first-order valence-electron chi connectivity index (χ1n) is 11.8. The van der Waals surface area contributed by atoms with Crippen molar-refractivity contribution in [3.63, 3.8) is 0 Å². The standard InChI is InChI=1S/C26H29ClN6O3/c1-5-22(34)29-20-11-36-12-21(20)31-25-28-10-15-8-19(17-9-16(35-4)6-7-18(17)27)30-24(23(15)32-25)33-13-26(2,3)14-33/h5-10,20-21H,1,11-14H2,2-4H3,(H,29,34)(H,28,31,32)/t20-,21+/m0/s1. The monoisotopic (exact) mass is 508 g/mol. The first-order chi connectivity index (χ1) is 17.3. The van der Waals surface area contributed by atoms with Crippen LogP contribution in [-0.2, 0) is 9.53 Å². The van der Waals surface area contributed by atoms with Gasteiger partial charge in [-0.25, -0.2) is 15.0 Å². The number of fused-ring (bicyclic) bond motifs is 1. The number of nitrogens with zero attached hydrogens (tertiary/aromatic N) is 4. The molecule has 5 rings (SSSR count). The van der Waals surface area contributed by atoms with Gasteiger partial charge in [-0.1, -0.05) is 32.0 Å². The number of hydrogen-bond donors (Lipinski definition) is 2. The lowest BCUT2D eigenvalue weighted by Gasteiger charge is -2.46. The highest BCUT2D eigenvalue weighted by atomic mass is 35.5. The van der Waals surface area contributed by atoms with Gasteiger partial charge in [0.1, 0.15) is 11.3 Å². The molecule has 9 nitrogen and oxygen atoms in total. The van der Waals surface area contributed by atoms with E-state index in [4.69, 9.17) is 31.0 Å². The van der Waals surface area contributed by atoms with E-state index in [1.54, 1.807) is 13.3 Å². The molecule has 1 amide bonds. The molecule has 0 radical (unpaired) electrons. The number of pyridine rings is 1. The minimum absolute atomic E-state index is 0.166. The van der Waals surface area contributed by atoms with Crippen LogP contribution in [0, 0.1) is 5.41 Å². The molecular weight excluding hydrogens is 480 g/mol. The second-order valence-corrected chi connectivity index (χ2v) is 10.3. The molecule has 2 N–H and O–H groups in total. The van der Waals surface area contributed by atoms with Crippen LogP contribution in [0.15, 0.2) is 43.1 Å². The van der Waals surface area contributed by atoms with Crippen LogP contribution in [0.5, 0.6) is 5.75 Å². The third-order valence-corrected chi connectivity index (χ3v) is 6.77. The zero-order valence-electron chi connectivity index (χ0n) is 20.5. The molecule has 0 spiro atoms. The number of amides is 1. The van der Waals surface area contributed by atoms with Crippen molar-refractivity contribution >= 4 is 40.2 Å². The fourth-order valence-electron chi connectivity index (χ4n) is 4.66. The first-order valence-corrected chi connectivity index (χ1v) is 12.2. The first kappa shape index (κ1) is 24.3. The maximum atomic E-state index is 11.8. The number of aromatic nitrogens is 3. The maximum Gasteiger partial charge on any atom is 0.243 e. The summed E-state index contributed by atoms with van der Waals surface area (Å²) >= 11 is 6.55. The van der Waals surface area contributed by atoms with Crippen molar-refractivity contribution in [1.29, 1.82) is 0 Å². The van der Waals surface area contributed by atoms with Gasteiger partial charge in [-0.2, -0.15) is 0 Å². The molecule has 0 bridgehead atoms. The smallest absolute Gasteiger partial charge is 0.243 e. The predicted octanol–water partition coefficient (Wildman–Crippen LogP) is 3.68. The summed E-state index contributed by atoms with van der Waals surface area (Å²) in [6.07, 6.45) is 3.03. The lowest BCUT2D eigenvalue weighted by Crippen LogP contribution is -2.53. The highest BCUT2D eigenvalue weighted by molar-refractivity contribution is 6.33. The minimum atomic E-state index is -0.243. The van der Waals surface area contributed by atoms with Gasteiger partial charge in [0.2, 0.25) is 11.9 Å². The number of hydrogen-bond acceptors (Lipinski definition) is 8. The van der Waals surface area contributed by atoms with E-state index >= 15 is 0 Å². The zero-order chi connectivity index (χ0) is 25.4. The molecular formula is C26H29ClN6O3. The Bertz CT molecular complexity index is 1320. The average molecular weight is 509 g/mol. The summed E-state index contributed by atoms with van der Waals surface area (Å²) in [5, 5.41) is 7.65. The van der Waals surface area contributed by atoms with Gasteiger partial charge in [0.05, 0.1) is 43.1 Å². The second kappa shape index (κ2) is 9.55. The summed E-state index contributed by atoms with van der Waals surface area (Å²) in [6.45, 7) is 10.5. The minimum Gasteiger partial charge on any atom is -0.497 e. The van der Waals surface area contributed by atoms with E-state index in [0.29, 0.717) is 29.9 Å². The molecule has 2 saturated heterocycles.